The summed E-state index contributed by atoms with van der Waals surface area (Å²) in [6, 6.07) is 14.0. The van der Waals surface area contributed by atoms with Gasteiger partial charge in [0.05, 0.1) is 27.9 Å². The van der Waals surface area contributed by atoms with Crippen LogP contribution >= 0.6 is 23.4 Å². The number of fused-ring (bicyclic) bond motifs is 3. The summed E-state index contributed by atoms with van der Waals surface area (Å²) in [6.45, 7) is 2.60. The lowest BCUT2D eigenvalue weighted by atomic mass is 10.2. The number of rotatable bonds is 7. The number of aromatic nitrogens is 4. The molecule has 0 aliphatic heterocycles. The summed E-state index contributed by atoms with van der Waals surface area (Å²) in [6.07, 6.45) is 1.78. The van der Waals surface area contributed by atoms with E-state index in [0.29, 0.717) is 44.7 Å². The summed E-state index contributed by atoms with van der Waals surface area (Å²) in [7, 11) is 0. The highest BCUT2D eigenvalue weighted by Gasteiger charge is 2.17. The van der Waals surface area contributed by atoms with Gasteiger partial charge in [-0.2, -0.15) is 5.26 Å². The van der Waals surface area contributed by atoms with Crippen LogP contribution < -0.4 is 10.9 Å². The maximum absolute atomic E-state index is 13.0. The molecule has 0 atom stereocenters. The Kier molecular flexibility index (Phi) is 6.44. The second kappa shape index (κ2) is 9.42. The second-order valence-corrected chi connectivity index (χ2v) is 8.46. The Hall–Kier alpha value is -3.35. The zero-order valence-corrected chi connectivity index (χ0v) is 18.8. The van der Waals surface area contributed by atoms with Gasteiger partial charge in [0.2, 0.25) is 11.7 Å². The molecule has 8 nitrogen and oxygen atoms in total. The highest BCUT2D eigenvalue weighted by atomic mass is 35.5. The van der Waals surface area contributed by atoms with Crippen molar-refractivity contribution >= 4 is 51.6 Å². The molecule has 4 aromatic rings. The monoisotopic (exact) mass is 466 g/mol. The van der Waals surface area contributed by atoms with E-state index in [9.17, 15) is 14.9 Å². The van der Waals surface area contributed by atoms with Crippen LogP contribution in [0.25, 0.3) is 16.7 Å². The lowest BCUT2D eigenvalue weighted by molar-refractivity contribution is -0.113. The van der Waals surface area contributed by atoms with E-state index in [1.807, 2.05) is 28.7 Å². The molecule has 2 aromatic heterocycles. The lowest BCUT2D eigenvalue weighted by Crippen LogP contribution is -2.23. The molecule has 10 heteroatoms. The van der Waals surface area contributed by atoms with Crippen molar-refractivity contribution in [2.24, 2.45) is 0 Å². The SMILES string of the molecule is CCCCn1c(=O)c2ccccc2n2c(SCC(=O)Nc3cc(Cl)ccc3C#N)nnc12. The van der Waals surface area contributed by atoms with Gasteiger partial charge in [0.15, 0.2) is 5.16 Å². The van der Waals surface area contributed by atoms with Crippen molar-refractivity contribution in [2.45, 2.75) is 31.5 Å². The Morgan fingerprint density at radius 1 is 1.25 bits per heavy atom. The quantitative estimate of drug-likeness (QED) is 0.411. The predicted octanol–water partition coefficient (Wildman–Crippen LogP) is 4.10. The summed E-state index contributed by atoms with van der Waals surface area (Å²) in [5.41, 5.74) is 1.27. The van der Waals surface area contributed by atoms with E-state index >= 15 is 0 Å². The van der Waals surface area contributed by atoms with Gasteiger partial charge in [-0.05, 0) is 36.8 Å². The maximum Gasteiger partial charge on any atom is 0.262 e. The van der Waals surface area contributed by atoms with Crippen LogP contribution in [0.4, 0.5) is 5.69 Å². The molecule has 0 aliphatic rings. The van der Waals surface area contributed by atoms with Gasteiger partial charge in [0.1, 0.15) is 6.07 Å². The Bertz CT molecular complexity index is 1420. The zero-order valence-electron chi connectivity index (χ0n) is 17.2. The van der Waals surface area contributed by atoms with Crippen molar-refractivity contribution in [2.75, 3.05) is 11.1 Å². The van der Waals surface area contributed by atoms with E-state index in [0.717, 1.165) is 12.8 Å². The number of amides is 1. The van der Waals surface area contributed by atoms with Gasteiger partial charge in [-0.1, -0.05) is 48.8 Å². The molecule has 32 heavy (non-hydrogen) atoms. The molecular weight excluding hydrogens is 448 g/mol. The molecule has 0 spiro atoms. The highest BCUT2D eigenvalue weighted by molar-refractivity contribution is 7.99. The first kappa shape index (κ1) is 21.9. The molecule has 1 N–H and O–H groups in total. The third-order valence-electron chi connectivity index (χ3n) is 4.92. The van der Waals surface area contributed by atoms with Crippen LogP contribution in [0, 0.1) is 11.3 Å². The van der Waals surface area contributed by atoms with Crippen molar-refractivity contribution in [1.82, 2.24) is 19.2 Å². The van der Waals surface area contributed by atoms with Gasteiger partial charge in [0, 0.05) is 11.6 Å². The number of anilines is 1. The first-order valence-electron chi connectivity index (χ1n) is 10.0. The molecule has 0 saturated carbocycles. The van der Waals surface area contributed by atoms with E-state index in [1.165, 1.54) is 17.8 Å². The third kappa shape index (κ3) is 4.20. The van der Waals surface area contributed by atoms with Crippen LogP contribution in [0.1, 0.15) is 25.3 Å². The van der Waals surface area contributed by atoms with Crippen LogP contribution in [0.5, 0.6) is 0 Å². The number of nitrogens with zero attached hydrogens (tertiary/aromatic N) is 5. The number of nitrogens with one attached hydrogen (secondary N) is 1. The number of benzene rings is 2. The maximum atomic E-state index is 13.0. The minimum atomic E-state index is -0.311. The third-order valence-corrected chi connectivity index (χ3v) is 6.09. The Balaban J connectivity index is 1.65. The topological polar surface area (TPSA) is 105 Å². The largest absolute Gasteiger partial charge is 0.324 e. The van der Waals surface area contributed by atoms with E-state index < -0.39 is 0 Å². The first-order chi connectivity index (χ1) is 15.5. The average molecular weight is 467 g/mol. The van der Waals surface area contributed by atoms with Crippen LogP contribution in [0.3, 0.4) is 0 Å². The summed E-state index contributed by atoms with van der Waals surface area (Å²) < 4.78 is 3.44. The van der Waals surface area contributed by atoms with Crippen LogP contribution in [0.2, 0.25) is 5.02 Å². The minimum Gasteiger partial charge on any atom is -0.324 e. The normalized spacial score (nSPS) is 11.0. The molecule has 0 bridgehead atoms. The van der Waals surface area contributed by atoms with Crippen LogP contribution in [-0.2, 0) is 11.3 Å². The zero-order chi connectivity index (χ0) is 22.7. The lowest BCUT2D eigenvalue weighted by Gasteiger charge is -2.11. The Morgan fingerprint density at radius 3 is 2.84 bits per heavy atom. The number of unbranched alkanes of at least 4 members (excludes halogenated alkanes) is 1. The summed E-state index contributed by atoms with van der Waals surface area (Å²) in [5, 5.41) is 21.9. The number of hydrogen-bond acceptors (Lipinski definition) is 6. The number of hydrogen-bond donors (Lipinski definition) is 1. The fourth-order valence-electron chi connectivity index (χ4n) is 3.38. The van der Waals surface area contributed by atoms with Gasteiger partial charge in [0.25, 0.3) is 5.56 Å². The summed E-state index contributed by atoms with van der Waals surface area (Å²) in [4.78, 5) is 25.5. The van der Waals surface area contributed by atoms with Crippen molar-refractivity contribution in [3.05, 3.63) is 63.4 Å². The van der Waals surface area contributed by atoms with Gasteiger partial charge in [-0.25, -0.2) is 0 Å². The standard InChI is InChI=1S/C22H19ClN6O2S/c1-2-3-10-28-20(31)16-6-4-5-7-18(16)29-21(28)26-27-22(29)32-13-19(30)25-17-11-15(23)9-8-14(17)12-24/h4-9,11H,2-3,10,13H2,1H3,(H,25,30). The van der Waals surface area contributed by atoms with E-state index in [2.05, 4.69) is 22.4 Å². The molecule has 0 radical (unpaired) electrons. The summed E-state index contributed by atoms with van der Waals surface area (Å²) >= 11 is 7.19. The predicted molar refractivity (Wildman–Crippen MR) is 125 cm³/mol. The molecule has 2 heterocycles. The fraction of sp³-hybridized carbons (Fsp3) is 0.227. The first-order valence-corrected chi connectivity index (χ1v) is 11.4. The fourth-order valence-corrected chi connectivity index (χ4v) is 4.29. The average Bonchev–Trinajstić information content (AvgIpc) is 3.22. The number of carbonyl (C=O) groups is 1. The van der Waals surface area contributed by atoms with Crippen molar-refractivity contribution in [3.63, 3.8) is 0 Å². The highest BCUT2D eigenvalue weighted by Crippen LogP contribution is 2.24. The number of nitriles is 1. The number of para-hydroxylation sites is 1. The van der Waals surface area contributed by atoms with Crippen LogP contribution in [-0.4, -0.2) is 30.8 Å². The molecule has 162 valence electrons. The molecule has 0 fully saturated rings. The number of thioether (sulfide) groups is 1. The number of halogens is 1. The molecule has 1 amide bonds. The van der Waals surface area contributed by atoms with Crippen molar-refractivity contribution < 1.29 is 4.79 Å². The second-order valence-electron chi connectivity index (χ2n) is 7.08. The van der Waals surface area contributed by atoms with Crippen molar-refractivity contribution in [1.29, 1.82) is 5.26 Å². The molecule has 0 saturated heterocycles. The molecule has 4 rings (SSSR count). The van der Waals surface area contributed by atoms with E-state index in [-0.39, 0.29) is 17.2 Å². The molecular formula is C22H19ClN6O2S. The number of carbonyl (C=O) groups excluding carboxylic acids is 1. The van der Waals surface area contributed by atoms with Gasteiger partial charge < -0.3 is 5.32 Å². The minimum absolute atomic E-state index is 0.0423. The Labute approximate surface area is 192 Å². The van der Waals surface area contributed by atoms with Gasteiger partial charge in [-0.3, -0.25) is 18.6 Å². The summed E-state index contributed by atoms with van der Waals surface area (Å²) in [5.74, 6) is 0.182. The molecule has 0 aliphatic carbocycles. The number of aryl methyl sites for hydroxylation is 1. The van der Waals surface area contributed by atoms with Crippen LogP contribution in [0.15, 0.2) is 52.4 Å². The molecule has 2 aromatic carbocycles. The van der Waals surface area contributed by atoms with Crippen molar-refractivity contribution in [3.8, 4) is 6.07 Å². The Morgan fingerprint density at radius 2 is 2.06 bits per heavy atom. The van der Waals surface area contributed by atoms with E-state index in [1.54, 1.807) is 22.8 Å². The van der Waals surface area contributed by atoms with E-state index in [4.69, 9.17) is 11.6 Å². The smallest absolute Gasteiger partial charge is 0.262 e. The van der Waals surface area contributed by atoms with Gasteiger partial charge >= 0.3 is 0 Å². The molecule has 0 unspecified atom stereocenters. The van der Waals surface area contributed by atoms with Gasteiger partial charge in [-0.15, -0.1) is 10.2 Å².